The first kappa shape index (κ1) is 22.3. The van der Waals surface area contributed by atoms with Crippen molar-refractivity contribution in [3.05, 3.63) is 65.5 Å². The van der Waals surface area contributed by atoms with Crippen molar-refractivity contribution >= 4 is 34.2 Å². The first-order valence-corrected chi connectivity index (χ1v) is 13.0. The number of hydrogen-bond donors (Lipinski definition) is 1. The molecule has 0 spiro atoms. The summed E-state index contributed by atoms with van der Waals surface area (Å²) in [5.74, 6) is -1.08. The summed E-state index contributed by atoms with van der Waals surface area (Å²) in [6.45, 7) is 0. The van der Waals surface area contributed by atoms with Gasteiger partial charge in [-0.25, -0.2) is 0 Å². The lowest BCUT2D eigenvalue weighted by Crippen LogP contribution is -2.34. The minimum Gasteiger partial charge on any atom is -0.497 e. The normalized spacial score (nSPS) is 22.6. The molecule has 0 bridgehead atoms. The van der Waals surface area contributed by atoms with Crippen LogP contribution < -0.4 is 14.8 Å². The molecule has 12 heteroatoms. The Morgan fingerprint density at radius 2 is 1.77 bits per heavy atom. The number of rotatable bonds is 6. The van der Waals surface area contributed by atoms with Crippen LogP contribution in [-0.2, 0) is 15.8 Å². The maximum Gasteiger partial charge on any atom is 0.284 e. The number of amidine groups is 1. The van der Waals surface area contributed by atoms with Crippen molar-refractivity contribution in [1.29, 1.82) is 0 Å². The lowest BCUT2D eigenvalue weighted by atomic mass is 10.2. The number of methoxy groups -OCH3 is 2. The standard InChI is InChI=1S/C18H18ClF3N2O4S2/c1-27-14-9-8-13(16(10-14)28-2)12-30(19,21,22)17(20)11-23-18(30)24-29(25,26)15-6-4-3-5-7-15/h3-11H,12H2,1-2H3,(H,23,24). The van der Waals surface area contributed by atoms with Crippen LogP contribution in [0.4, 0.5) is 12.2 Å². The van der Waals surface area contributed by atoms with Crippen LogP contribution in [0.2, 0.25) is 0 Å². The first-order chi connectivity index (χ1) is 13.9. The quantitative estimate of drug-likeness (QED) is 0.618. The Morgan fingerprint density at radius 3 is 2.37 bits per heavy atom. The van der Waals surface area contributed by atoms with Gasteiger partial charge in [0, 0.05) is 17.8 Å². The molecule has 164 valence electrons. The lowest BCUT2D eigenvalue weighted by Gasteiger charge is -2.54. The van der Waals surface area contributed by atoms with Crippen LogP contribution in [0.15, 0.2) is 69.2 Å². The number of halogens is 4. The third-order valence-corrected chi connectivity index (χ3v) is 10.1. The second-order valence-corrected chi connectivity index (χ2v) is 14.1. The molecule has 1 heterocycles. The van der Waals surface area contributed by atoms with Crippen molar-refractivity contribution in [3.8, 4) is 11.5 Å². The molecule has 2 aromatic rings. The van der Waals surface area contributed by atoms with Crippen LogP contribution in [0.5, 0.6) is 11.5 Å². The highest BCUT2D eigenvalue weighted by Crippen LogP contribution is 3.04. The van der Waals surface area contributed by atoms with Gasteiger partial charge in [-0.05, 0) is 28.9 Å². The minimum absolute atomic E-state index is 0.0322. The molecule has 0 aliphatic carbocycles. The zero-order valence-corrected chi connectivity index (χ0v) is 18.2. The fraction of sp³-hybridized carbons (Fsp3) is 0.167. The van der Waals surface area contributed by atoms with Crippen LogP contribution in [-0.4, -0.2) is 27.8 Å². The molecule has 0 saturated heterocycles. The number of sulfonamides is 1. The van der Waals surface area contributed by atoms with E-state index in [1.54, 1.807) is 6.07 Å². The predicted octanol–water partition coefficient (Wildman–Crippen LogP) is 5.12. The number of nitrogens with zero attached hydrogens (tertiary/aromatic N) is 1. The Bertz CT molecular complexity index is 1180. The van der Waals surface area contributed by atoms with Gasteiger partial charge >= 0.3 is 0 Å². The second kappa shape index (κ2) is 6.82. The summed E-state index contributed by atoms with van der Waals surface area (Å²) < 4.78 is 85.5. The summed E-state index contributed by atoms with van der Waals surface area (Å²) in [4.78, 5) is -0.342. The SMILES string of the molecule is COc1ccc(CS2(F)(F)(Cl)C(F)=CN/C2=N\S(=O)(=O)c2ccccc2)c(OC)c1. The van der Waals surface area contributed by atoms with Crippen LogP contribution >= 0.6 is 19.0 Å². The van der Waals surface area contributed by atoms with Crippen molar-refractivity contribution in [3.63, 3.8) is 0 Å². The molecule has 0 unspecified atom stereocenters. The molecule has 1 aliphatic heterocycles. The Kier molecular flexibility index (Phi) is 5.08. The van der Waals surface area contributed by atoms with Crippen LogP contribution in [0.25, 0.3) is 0 Å². The van der Waals surface area contributed by atoms with E-state index in [1.165, 1.54) is 56.7 Å². The summed E-state index contributed by atoms with van der Waals surface area (Å²) in [6, 6.07) is 10.6. The minimum atomic E-state index is -7.53. The van der Waals surface area contributed by atoms with E-state index in [0.717, 1.165) is 0 Å². The number of hydrogen-bond acceptors (Lipinski definition) is 4. The molecule has 0 saturated carbocycles. The monoisotopic (exact) mass is 482 g/mol. The zero-order chi connectivity index (χ0) is 22.3. The summed E-state index contributed by atoms with van der Waals surface area (Å²) in [5, 5.41) is -1.53. The molecule has 1 N–H and O–H groups in total. The molecule has 1 aliphatic rings. The molecular formula is C18H18ClF3N2O4S2. The Morgan fingerprint density at radius 1 is 1.10 bits per heavy atom. The van der Waals surface area contributed by atoms with Gasteiger partial charge in [-0.2, -0.15) is 20.6 Å². The number of nitrogens with one attached hydrogen (secondary N) is 1. The molecule has 2 aromatic carbocycles. The van der Waals surface area contributed by atoms with E-state index in [9.17, 15) is 12.8 Å². The van der Waals surface area contributed by atoms with Crippen LogP contribution in [0.1, 0.15) is 5.56 Å². The van der Waals surface area contributed by atoms with Crippen molar-refractivity contribution < 1.29 is 30.1 Å². The summed E-state index contributed by atoms with van der Waals surface area (Å²) in [7, 11) is -3.69. The third kappa shape index (κ3) is 3.61. The van der Waals surface area contributed by atoms with Crippen molar-refractivity contribution in [1.82, 2.24) is 5.32 Å². The van der Waals surface area contributed by atoms with Gasteiger partial charge in [0.15, 0.2) is 0 Å². The van der Waals surface area contributed by atoms with Crippen molar-refractivity contribution in [2.45, 2.75) is 10.6 Å². The van der Waals surface area contributed by atoms with Gasteiger partial charge in [-0.1, -0.05) is 24.3 Å². The summed E-state index contributed by atoms with van der Waals surface area (Å²) in [6.07, 6.45) is 0.323. The number of ether oxygens (including phenoxy) is 2. The summed E-state index contributed by atoms with van der Waals surface area (Å²) >= 11 is 0. The molecule has 0 atom stereocenters. The molecule has 0 aromatic heterocycles. The van der Waals surface area contributed by atoms with Crippen LogP contribution in [0.3, 0.4) is 0 Å². The summed E-state index contributed by atoms with van der Waals surface area (Å²) in [5.41, 5.74) is -0.156. The van der Waals surface area contributed by atoms with Gasteiger partial charge in [-0.15, -0.1) is 4.40 Å². The fourth-order valence-electron chi connectivity index (χ4n) is 2.79. The maximum absolute atomic E-state index is 16.2. The molecular weight excluding hydrogens is 465 g/mol. The van der Waals surface area contributed by atoms with Gasteiger partial charge in [0.1, 0.15) is 19.8 Å². The first-order valence-electron chi connectivity index (χ1n) is 8.35. The van der Waals surface area contributed by atoms with Gasteiger partial charge in [0.05, 0.1) is 24.9 Å². The van der Waals surface area contributed by atoms with Gasteiger partial charge in [0.2, 0.25) is 10.3 Å². The van der Waals surface area contributed by atoms with Gasteiger partial charge in [0.25, 0.3) is 10.0 Å². The van der Waals surface area contributed by atoms with E-state index in [-0.39, 0.29) is 16.2 Å². The molecule has 3 rings (SSSR count). The zero-order valence-electron chi connectivity index (χ0n) is 15.8. The highest BCUT2D eigenvalue weighted by molar-refractivity contribution is 8.83. The highest BCUT2D eigenvalue weighted by Gasteiger charge is 2.73. The molecule has 0 radical (unpaired) electrons. The van der Waals surface area contributed by atoms with E-state index in [1.807, 2.05) is 5.32 Å². The molecule has 0 fully saturated rings. The predicted molar refractivity (Wildman–Crippen MR) is 112 cm³/mol. The third-order valence-electron chi connectivity index (χ3n) is 4.42. The van der Waals surface area contributed by atoms with E-state index in [2.05, 4.69) is 4.40 Å². The number of benzene rings is 2. The Hall–Kier alpha value is -2.37. The Labute approximate surface area is 175 Å². The molecule has 0 amide bonds. The average molecular weight is 483 g/mol. The van der Waals surface area contributed by atoms with E-state index in [4.69, 9.17) is 20.2 Å². The van der Waals surface area contributed by atoms with E-state index >= 15 is 7.77 Å². The Balaban J connectivity index is 2.17. The topological polar surface area (TPSA) is 77.0 Å². The van der Waals surface area contributed by atoms with Gasteiger partial charge in [-0.3, -0.25) is 0 Å². The second-order valence-electron chi connectivity index (χ2n) is 6.46. The lowest BCUT2D eigenvalue weighted by molar-refractivity contribution is 0.392. The van der Waals surface area contributed by atoms with Crippen molar-refractivity contribution in [2.24, 2.45) is 4.40 Å². The van der Waals surface area contributed by atoms with Crippen molar-refractivity contribution in [2.75, 3.05) is 14.2 Å². The van der Waals surface area contributed by atoms with E-state index < -0.39 is 34.4 Å². The van der Waals surface area contributed by atoms with E-state index in [0.29, 0.717) is 11.9 Å². The van der Waals surface area contributed by atoms with Crippen LogP contribution in [0, 0.1) is 0 Å². The smallest absolute Gasteiger partial charge is 0.284 e. The molecule has 30 heavy (non-hydrogen) atoms. The highest BCUT2D eigenvalue weighted by atomic mass is 35.7. The molecule has 6 nitrogen and oxygen atoms in total. The average Bonchev–Trinajstić information content (AvgIpc) is 2.89. The van der Waals surface area contributed by atoms with Gasteiger partial charge < -0.3 is 14.8 Å². The maximum atomic E-state index is 16.2. The largest absolute Gasteiger partial charge is 0.497 e. The fourth-order valence-corrected chi connectivity index (χ4v) is 7.57.